The second-order valence-corrected chi connectivity index (χ2v) is 8.84. The summed E-state index contributed by atoms with van der Waals surface area (Å²) in [5.74, 6) is -2.79. The van der Waals surface area contributed by atoms with E-state index in [4.69, 9.17) is 4.74 Å². The van der Waals surface area contributed by atoms with Crippen molar-refractivity contribution in [3.63, 3.8) is 0 Å². The van der Waals surface area contributed by atoms with Gasteiger partial charge in [0, 0.05) is 29.9 Å². The van der Waals surface area contributed by atoms with E-state index >= 15 is 0 Å². The smallest absolute Gasteiger partial charge is 0.354 e. The molecule has 11 nitrogen and oxygen atoms in total. The lowest BCUT2D eigenvalue weighted by Crippen LogP contribution is -2.33. The minimum Gasteiger partial charge on any atom is -0.507 e. The summed E-state index contributed by atoms with van der Waals surface area (Å²) in [6.07, 6.45) is 0.564. The highest BCUT2D eigenvalue weighted by atomic mass is 16.6. The van der Waals surface area contributed by atoms with E-state index < -0.39 is 34.4 Å². The number of nitrogens with one attached hydrogen (secondary N) is 1. The third-order valence-corrected chi connectivity index (χ3v) is 6.77. The van der Waals surface area contributed by atoms with Crippen molar-refractivity contribution in [2.24, 2.45) is 0 Å². The van der Waals surface area contributed by atoms with Gasteiger partial charge in [-0.3, -0.25) is 19.7 Å². The minimum absolute atomic E-state index is 0.113. The Bertz CT molecular complexity index is 1260. The van der Waals surface area contributed by atoms with Gasteiger partial charge in [0.2, 0.25) is 0 Å². The molecule has 0 bridgehead atoms. The lowest BCUT2D eigenvalue weighted by Gasteiger charge is -2.26. The molecule has 1 atom stereocenters. The molecule has 1 aliphatic heterocycles. The number of carbonyl (C=O) groups is 3. The van der Waals surface area contributed by atoms with Gasteiger partial charge >= 0.3 is 5.97 Å². The third kappa shape index (κ3) is 5.26. The lowest BCUT2D eigenvalue weighted by molar-refractivity contribution is -0.384. The molecule has 0 saturated carbocycles. The fraction of sp³-hybridized carbons (Fsp3) is 0.423. The molecule has 2 aromatic rings. The van der Waals surface area contributed by atoms with Crippen LogP contribution in [-0.4, -0.2) is 75.8 Å². The number of aryl methyl sites for hydroxylation is 1. The molecule has 1 aromatic carbocycles. The number of H-pyrrole nitrogens is 1. The highest BCUT2D eigenvalue weighted by Gasteiger charge is 2.46. The summed E-state index contributed by atoms with van der Waals surface area (Å²) in [6, 6.07) is 4.65. The van der Waals surface area contributed by atoms with Crippen LogP contribution in [0.1, 0.15) is 59.2 Å². The van der Waals surface area contributed by atoms with E-state index in [1.54, 1.807) is 19.9 Å². The monoisotopic (exact) mass is 512 g/mol. The molecule has 0 spiro atoms. The van der Waals surface area contributed by atoms with Gasteiger partial charge in [0.25, 0.3) is 17.4 Å². The maximum Gasteiger partial charge on any atom is 0.354 e. The predicted octanol–water partition coefficient (Wildman–Crippen LogP) is 3.48. The molecule has 1 saturated heterocycles. The largest absolute Gasteiger partial charge is 0.507 e. The summed E-state index contributed by atoms with van der Waals surface area (Å²) in [5, 5.41) is 22.9. The van der Waals surface area contributed by atoms with Crippen LogP contribution < -0.4 is 0 Å². The Labute approximate surface area is 214 Å². The van der Waals surface area contributed by atoms with Crippen molar-refractivity contribution in [2.75, 3.05) is 33.3 Å². The number of carbonyl (C=O) groups excluding carboxylic acids is 3. The molecule has 0 radical (unpaired) electrons. The Morgan fingerprint density at radius 2 is 1.92 bits per heavy atom. The highest BCUT2D eigenvalue weighted by molar-refractivity contribution is 6.46. The van der Waals surface area contributed by atoms with Gasteiger partial charge in [-0.1, -0.05) is 26.0 Å². The molecular weight excluding hydrogens is 480 g/mol. The number of Topliss-reactive ketones (excluding diaryl/α,β-unsaturated/α-hetero) is 1. The zero-order chi connectivity index (χ0) is 27.4. The summed E-state index contributed by atoms with van der Waals surface area (Å²) in [5.41, 5.74) is 1.02. The summed E-state index contributed by atoms with van der Waals surface area (Å²) >= 11 is 0. The molecular formula is C26H32N4O7. The van der Waals surface area contributed by atoms with Gasteiger partial charge in [0.1, 0.15) is 11.5 Å². The van der Waals surface area contributed by atoms with Crippen LogP contribution in [0, 0.1) is 24.0 Å². The molecule has 1 aliphatic rings. The van der Waals surface area contributed by atoms with Gasteiger partial charge < -0.3 is 24.6 Å². The van der Waals surface area contributed by atoms with Gasteiger partial charge in [-0.15, -0.1) is 0 Å². The van der Waals surface area contributed by atoms with E-state index in [2.05, 4.69) is 9.88 Å². The van der Waals surface area contributed by atoms with Crippen LogP contribution in [0.15, 0.2) is 29.8 Å². The second kappa shape index (κ2) is 11.4. The van der Waals surface area contributed by atoms with Crippen molar-refractivity contribution in [2.45, 2.75) is 40.2 Å². The molecule has 11 heteroatoms. The average molecular weight is 513 g/mol. The van der Waals surface area contributed by atoms with Crippen LogP contribution in [0.4, 0.5) is 5.69 Å². The van der Waals surface area contributed by atoms with Gasteiger partial charge in [-0.25, -0.2) is 4.79 Å². The first kappa shape index (κ1) is 27.6. The number of non-ortho nitro benzene ring substituents is 1. The topological polar surface area (TPSA) is 146 Å². The number of aromatic nitrogens is 1. The number of benzene rings is 1. The van der Waals surface area contributed by atoms with E-state index in [0.717, 1.165) is 13.1 Å². The number of likely N-dealkylation sites (tertiary alicyclic amines) is 1. The van der Waals surface area contributed by atoms with Gasteiger partial charge in [-0.2, -0.15) is 0 Å². The second-order valence-electron chi connectivity index (χ2n) is 8.84. The number of esters is 1. The number of amides is 1. The quantitative estimate of drug-likeness (QED) is 0.123. The number of hydrogen-bond acceptors (Lipinski definition) is 8. The normalized spacial score (nSPS) is 17.0. The Kier molecular flexibility index (Phi) is 8.49. The third-order valence-electron chi connectivity index (χ3n) is 6.77. The maximum atomic E-state index is 13.3. The number of aliphatic hydroxyl groups excluding tert-OH is 1. The van der Waals surface area contributed by atoms with Crippen LogP contribution in [0.25, 0.3) is 5.76 Å². The molecule has 0 unspecified atom stereocenters. The van der Waals surface area contributed by atoms with Crippen molar-refractivity contribution in [3.8, 4) is 0 Å². The van der Waals surface area contributed by atoms with Crippen molar-refractivity contribution in [1.29, 1.82) is 0 Å². The van der Waals surface area contributed by atoms with E-state index in [1.165, 1.54) is 30.2 Å². The first-order valence-corrected chi connectivity index (χ1v) is 12.1. The zero-order valence-corrected chi connectivity index (χ0v) is 21.7. The van der Waals surface area contributed by atoms with Crippen LogP contribution in [0.2, 0.25) is 0 Å². The van der Waals surface area contributed by atoms with E-state index in [9.17, 15) is 29.6 Å². The van der Waals surface area contributed by atoms with Crippen molar-refractivity contribution in [3.05, 3.63) is 68.0 Å². The number of nitro benzene ring substituents is 1. The highest BCUT2D eigenvalue weighted by Crippen LogP contribution is 2.41. The molecule has 1 fully saturated rings. The van der Waals surface area contributed by atoms with Gasteiger partial charge in [-0.05, 0) is 51.0 Å². The predicted molar refractivity (Wildman–Crippen MR) is 136 cm³/mol. The first-order chi connectivity index (χ1) is 17.6. The molecule has 0 aliphatic carbocycles. The van der Waals surface area contributed by atoms with E-state index in [0.29, 0.717) is 29.8 Å². The standard InChI is InChI=1S/C26H32N4O7/c1-6-28(7-2)12-9-13-29-22(17-10-8-11-18(14-17)30(35)36)20(24(32)25(29)33)23(31)19-15(3)21(26(34)37-5)27-16(19)4/h8,10-11,14,22,27,31H,6-7,9,12-13H2,1-5H3/t22-/m1/s1. The Balaban J connectivity index is 2.17. The zero-order valence-electron chi connectivity index (χ0n) is 21.7. The number of methoxy groups -OCH3 is 1. The van der Waals surface area contributed by atoms with Crippen molar-refractivity contribution in [1.82, 2.24) is 14.8 Å². The number of ketones is 1. The summed E-state index contributed by atoms with van der Waals surface area (Å²) in [4.78, 5) is 56.0. The van der Waals surface area contributed by atoms with Crippen LogP contribution in [-0.2, 0) is 14.3 Å². The molecule has 37 heavy (non-hydrogen) atoms. The fourth-order valence-electron chi connectivity index (χ4n) is 4.82. The summed E-state index contributed by atoms with van der Waals surface area (Å²) < 4.78 is 4.79. The number of hydrogen-bond donors (Lipinski definition) is 2. The molecule has 1 amide bonds. The fourth-order valence-corrected chi connectivity index (χ4v) is 4.82. The summed E-state index contributed by atoms with van der Waals surface area (Å²) in [7, 11) is 1.23. The van der Waals surface area contributed by atoms with Gasteiger partial charge in [0.15, 0.2) is 0 Å². The molecule has 3 rings (SSSR count). The number of aromatic amines is 1. The number of aliphatic hydroxyl groups is 1. The summed E-state index contributed by atoms with van der Waals surface area (Å²) in [6.45, 7) is 9.84. The first-order valence-electron chi connectivity index (χ1n) is 12.1. The lowest BCUT2D eigenvalue weighted by atomic mass is 9.93. The van der Waals surface area contributed by atoms with Crippen LogP contribution in [0.3, 0.4) is 0 Å². The Morgan fingerprint density at radius 1 is 1.24 bits per heavy atom. The number of nitro groups is 1. The molecule has 2 heterocycles. The van der Waals surface area contributed by atoms with Crippen molar-refractivity contribution >= 4 is 29.1 Å². The number of ether oxygens (including phenoxy) is 1. The number of nitrogens with zero attached hydrogens (tertiary/aromatic N) is 3. The Morgan fingerprint density at radius 3 is 2.51 bits per heavy atom. The van der Waals surface area contributed by atoms with E-state index in [-0.39, 0.29) is 29.1 Å². The average Bonchev–Trinajstić information content (AvgIpc) is 3.32. The SMILES string of the molecule is CCN(CC)CCCN1C(=O)C(=O)C(=C(O)c2c(C)[nH]c(C(=O)OC)c2C)[C@H]1c1cccc([N+](=O)[O-])c1. The molecule has 2 N–H and O–H groups in total. The van der Waals surface area contributed by atoms with E-state index in [1.807, 2.05) is 13.8 Å². The van der Waals surface area contributed by atoms with Crippen molar-refractivity contribution < 1.29 is 29.2 Å². The minimum atomic E-state index is -1.04. The molecule has 198 valence electrons. The van der Waals surface area contributed by atoms with Gasteiger partial charge in [0.05, 0.1) is 23.6 Å². The van der Waals surface area contributed by atoms with Crippen LogP contribution >= 0.6 is 0 Å². The maximum absolute atomic E-state index is 13.3. The Hall–Kier alpha value is -3.99. The van der Waals surface area contributed by atoms with Crippen LogP contribution in [0.5, 0.6) is 0 Å². The molecule has 1 aromatic heterocycles. The number of rotatable bonds is 10.